The molecule has 1 aromatic carbocycles. The SMILES string of the molecule is COc1ccccc1-n1nc(C(=O)NN)c(=O)cc1C. The van der Waals surface area contributed by atoms with Gasteiger partial charge in [0, 0.05) is 11.8 Å². The molecule has 2 rings (SSSR count). The monoisotopic (exact) mass is 274 g/mol. The highest BCUT2D eigenvalue weighted by Crippen LogP contribution is 2.21. The average molecular weight is 274 g/mol. The average Bonchev–Trinajstić information content (AvgIpc) is 2.46. The highest BCUT2D eigenvalue weighted by molar-refractivity contribution is 5.91. The first kappa shape index (κ1) is 13.8. The van der Waals surface area contributed by atoms with Crippen LogP contribution >= 0.6 is 0 Å². The maximum absolute atomic E-state index is 11.8. The van der Waals surface area contributed by atoms with E-state index in [1.807, 2.05) is 11.5 Å². The Morgan fingerprint density at radius 1 is 1.40 bits per heavy atom. The van der Waals surface area contributed by atoms with Crippen molar-refractivity contribution in [2.24, 2.45) is 5.84 Å². The molecule has 0 spiro atoms. The Morgan fingerprint density at radius 3 is 2.75 bits per heavy atom. The first-order chi connectivity index (χ1) is 9.58. The minimum atomic E-state index is -0.737. The van der Waals surface area contributed by atoms with Gasteiger partial charge >= 0.3 is 0 Å². The molecule has 0 radical (unpaired) electrons. The van der Waals surface area contributed by atoms with Crippen LogP contribution in [0.3, 0.4) is 0 Å². The van der Waals surface area contributed by atoms with Gasteiger partial charge in [-0.3, -0.25) is 15.0 Å². The Bertz CT molecular complexity index is 709. The van der Waals surface area contributed by atoms with Crippen molar-refractivity contribution >= 4 is 5.91 Å². The number of aromatic nitrogens is 2. The summed E-state index contributed by atoms with van der Waals surface area (Å²) in [6, 6.07) is 8.47. The number of methoxy groups -OCH3 is 1. The minimum Gasteiger partial charge on any atom is -0.494 e. The van der Waals surface area contributed by atoms with Crippen LogP contribution in [-0.4, -0.2) is 22.8 Å². The second-order valence-corrected chi connectivity index (χ2v) is 4.06. The van der Waals surface area contributed by atoms with Gasteiger partial charge in [-0.1, -0.05) is 12.1 Å². The molecule has 7 nitrogen and oxygen atoms in total. The van der Waals surface area contributed by atoms with Crippen LogP contribution in [0, 0.1) is 6.92 Å². The summed E-state index contributed by atoms with van der Waals surface area (Å²) in [5.74, 6) is 4.88. The number of hydrazine groups is 1. The Labute approximate surface area is 114 Å². The van der Waals surface area contributed by atoms with E-state index in [1.54, 1.807) is 25.1 Å². The number of carbonyl (C=O) groups excluding carboxylic acids is 1. The van der Waals surface area contributed by atoms with Crippen LogP contribution in [0.25, 0.3) is 5.69 Å². The van der Waals surface area contributed by atoms with Crippen LogP contribution in [0.5, 0.6) is 5.75 Å². The third kappa shape index (κ3) is 2.39. The molecule has 0 aliphatic carbocycles. The van der Waals surface area contributed by atoms with E-state index < -0.39 is 11.3 Å². The predicted molar refractivity (Wildman–Crippen MR) is 72.8 cm³/mol. The van der Waals surface area contributed by atoms with Gasteiger partial charge in [0.15, 0.2) is 5.69 Å². The van der Waals surface area contributed by atoms with E-state index in [0.29, 0.717) is 17.1 Å². The summed E-state index contributed by atoms with van der Waals surface area (Å²) >= 11 is 0. The van der Waals surface area contributed by atoms with Crippen LogP contribution in [-0.2, 0) is 0 Å². The number of nitrogens with one attached hydrogen (secondary N) is 1. The van der Waals surface area contributed by atoms with Crippen molar-refractivity contribution in [2.75, 3.05) is 7.11 Å². The molecule has 7 heteroatoms. The van der Waals surface area contributed by atoms with E-state index in [9.17, 15) is 9.59 Å². The third-order valence-electron chi connectivity index (χ3n) is 2.77. The molecule has 0 aliphatic heterocycles. The van der Waals surface area contributed by atoms with E-state index in [4.69, 9.17) is 10.6 Å². The van der Waals surface area contributed by atoms with Crippen molar-refractivity contribution in [1.82, 2.24) is 15.2 Å². The Morgan fingerprint density at radius 2 is 2.10 bits per heavy atom. The summed E-state index contributed by atoms with van der Waals surface area (Å²) in [6.07, 6.45) is 0. The Balaban J connectivity index is 2.68. The molecular formula is C13H14N4O3. The molecule has 0 fully saturated rings. The minimum absolute atomic E-state index is 0.274. The summed E-state index contributed by atoms with van der Waals surface area (Å²) < 4.78 is 6.71. The van der Waals surface area contributed by atoms with Gasteiger partial charge in [0.1, 0.15) is 11.4 Å². The molecule has 1 amide bonds. The molecule has 3 N–H and O–H groups in total. The summed E-state index contributed by atoms with van der Waals surface area (Å²) in [5.41, 5.74) is 2.34. The van der Waals surface area contributed by atoms with Crippen molar-refractivity contribution in [3.8, 4) is 11.4 Å². The zero-order valence-electron chi connectivity index (χ0n) is 11.1. The second kappa shape index (κ2) is 5.54. The van der Waals surface area contributed by atoms with E-state index in [-0.39, 0.29) is 5.69 Å². The number of para-hydroxylation sites is 2. The molecule has 0 atom stereocenters. The van der Waals surface area contributed by atoms with Gasteiger partial charge in [-0.2, -0.15) is 5.10 Å². The van der Waals surface area contributed by atoms with Gasteiger partial charge in [0.05, 0.1) is 7.11 Å². The number of carbonyl (C=O) groups is 1. The normalized spacial score (nSPS) is 10.2. The molecular weight excluding hydrogens is 260 g/mol. The fourth-order valence-corrected chi connectivity index (χ4v) is 1.82. The second-order valence-electron chi connectivity index (χ2n) is 4.06. The lowest BCUT2D eigenvalue weighted by atomic mass is 10.2. The topological polar surface area (TPSA) is 99.2 Å². The molecule has 104 valence electrons. The van der Waals surface area contributed by atoms with E-state index in [0.717, 1.165) is 0 Å². The number of amides is 1. The van der Waals surface area contributed by atoms with Crippen molar-refractivity contribution < 1.29 is 9.53 Å². The smallest absolute Gasteiger partial charge is 0.289 e. The van der Waals surface area contributed by atoms with Crippen LogP contribution in [0.2, 0.25) is 0 Å². The fourth-order valence-electron chi connectivity index (χ4n) is 1.82. The van der Waals surface area contributed by atoms with E-state index >= 15 is 0 Å². The fraction of sp³-hybridized carbons (Fsp3) is 0.154. The maximum atomic E-state index is 11.8. The number of aryl methyl sites for hydroxylation is 1. The predicted octanol–water partition coefficient (Wildman–Crippen LogP) is 0.153. The Hall–Kier alpha value is -2.67. The molecule has 1 heterocycles. The largest absolute Gasteiger partial charge is 0.494 e. The van der Waals surface area contributed by atoms with Gasteiger partial charge in [-0.15, -0.1) is 0 Å². The number of ether oxygens (including phenoxy) is 1. The van der Waals surface area contributed by atoms with E-state index in [1.165, 1.54) is 17.9 Å². The maximum Gasteiger partial charge on any atom is 0.289 e. The molecule has 0 saturated carbocycles. The van der Waals surface area contributed by atoms with Crippen molar-refractivity contribution in [3.05, 3.63) is 51.9 Å². The number of nitrogen functional groups attached to an aromatic ring is 1. The van der Waals surface area contributed by atoms with Crippen LogP contribution < -0.4 is 21.4 Å². The van der Waals surface area contributed by atoms with Gasteiger partial charge in [-0.05, 0) is 19.1 Å². The van der Waals surface area contributed by atoms with Crippen LogP contribution in [0.1, 0.15) is 16.2 Å². The number of rotatable bonds is 3. The molecule has 0 aliphatic rings. The summed E-state index contributed by atoms with van der Waals surface area (Å²) in [5, 5.41) is 4.05. The van der Waals surface area contributed by atoms with Crippen molar-refractivity contribution in [1.29, 1.82) is 0 Å². The number of hydrogen-bond acceptors (Lipinski definition) is 5. The lowest BCUT2D eigenvalue weighted by molar-refractivity contribution is 0.0945. The van der Waals surface area contributed by atoms with Crippen LogP contribution in [0.15, 0.2) is 35.1 Å². The van der Waals surface area contributed by atoms with Crippen molar-refractivity contribution in [3.63, 3.8) is 0 Å². The molecule has 20 heavy (non-hydrogen) atoms. The first-order valence-corrected chi connectivity index (χ1v) is 5.83. The standard InChI is InChI=1S/C13H14N4O3/c1-8-7-10(18)12(13(19)15-14)16-17(8)9-5-3-4-6-11(9)20-2/h3-7H,14H2,1-2H3,(H,15,19). The molecule has 0 saturated heterocycles. The van der Waals surface area contributed by atoms with Gasteiger partial charge in [-0.25, -0.2) is 10.5 Å². The summed E-state index contributed by atoms with van der Waals surface area (Å²) in [6.45, 7) is 1.71. The summed E-state index contributed by atoms with van der Waals surface area (Å²) in [7, 11) is 1.53. The zero-order valence-corrected chi connectivity index (χ0v) is 11.1. The number of nitrogens with zero attached hydrogens (tertiary/aromatic N) is 2. The molecule has 0 bridgehead atoms. The summed E-state index contributed by atoms with van der Waals surface area (Å²) in [4.78, 5) is 23.3. The lowest BCUT2D eigenvalue weighted by Crippen LogP contribution is -2.36. The highest BCUT2D eigenvalue weighted by Gasteiger charge is 2.15. The molecule has 0 unspecified atom stereocenters. The molecule has 2 aromatic rings. The highest BCUT2D eigenvalue weighted by atomic mass is 16.5. The zero-order chi connectivity index (χ0) is 14.7. The lowest BCUT2D eigenvalue weighted by Gasteiger charge is -2.13. The van der Waals surface area contributed by atoms with Gasteiger partial charge < -0.3 is 4.74 Å². The van der Waals surface area contributed by atoms with Crippen molar-refractivity contribution in [2.45, 2.75) is 6.92 Å². The van der Waals surface area contributed by atoms with Gasteiger partial charge in [0.25, 0.3) is 5.91 Å². The number of hydrogen-bond donors (Lipinski definition) is 2. The van der Waals surface area contributed by atoms with Crippen LogP contribution in [0.4, 0.5) is 0 Å². The Kier molecular flexibility index (Phi) is 3.81. The number of benzene rings is 1. The van der Waals surface area contributed by atoms with Gasteiger partial charge in [0.2, 0.25) is 5.43 Å². The molecule has 1 aromatic heterocycles. The van der Waals surface area contributed by atoms with E-state index in [2.05, 4.69) is 5.10 Å². The quantitative estimate of drug-likeness (QED) is 0.471. The third-order valence-corrected chi connectivity index (χ3v) is 2.77. The first-order valence-electron chi connectivity index (χ1n) is 5.83. The number of nitrogens with two attached hydrogens (primary N) is 1.